The number of furan rings is 1. The number of hydrogen-bond acceptors (Lipinski definition) is 5. The molecule has 3 heterocycles. The van der Waals surface area contributed by atoms with Crippen molar-refractivity contribution in [1.82, 2.24) is 4.90 Å². The first kappa shape index (κ1) is 19.4. The Hall–Kier alpha value is -2.87. The molecule has 0 unspecified atom stereocenters. The van der Waals surface area contributed by atoms with Gasteiger partial charge in [0.15, 0.2) is 0 Å². The van der Waals surface area contributed by atoms with Gasteiger partial charge in [-0.25, -0.2) is 4.39 Å². The Balaban J connectivity index is 1.32. The first-order valence-corrected chi connectivity index (χ1v) is 9.86. The molecular weight excluding hydrogens is 377 g/mol. The van der Waals surface area contributed by atoms with E-state index in [-0.39, 0.29) is 23.5 Å². The number of nitrogens with zero attached hydrogens (tertiary/aromatic N) is 2. The van der Waals surface area contributed by atoms with E-state index in [0.29, 0.717) is 69.2 Å². The lowest BCUT2D eigenvalue weighted by molar-refractivity contribution is -0.121. The van der Waals surface area contributed by atoms with Crippen LogP contribution in [0.25, 0.3) is 0 Å². The van der Waals surface area contributed by atoms with Gasteiger partial charge in [-0.1, -0.05) is 0 Å². The number of benzene rings is 1. The van der Waals surface area contributed by atoms with Crippen LogP contribution >= 0.6 is 0 Å². The number of likely N-dealkylation sites (tertiary alicyclic amines) is 1. The second-order valence-electron chi connectivity index (χ2n) is 7.33. The Bertz CT molecular complexity index is 857. The molecule has 1 aromatic carbocycles. The Labute approximate surface area is 168 Å². The van der Waals surface area contributed by atoms with Crippen LogP contribution in [0.2, 0.25) is 0 Å². The van der Waals surface area contributed by atoms with E-state index >= 15 is 0 Å². The van der Waals surface area contributed by atoms with Gasteiger partial charge in [-0.3, -0.25) is 9.59 Å². The van der Waals surface area contributed by atoms with Gasteiger partial charge >= 0.3 is 0 Å². The number of morpholine rings is 1. The number of ether oxygens (including phenoxy) is 1. The minimum atomic E-state index is -0.356. The number of carbonyl (C=O) groups is 2. The molecule has 0 bridgehead atoms. The fraction of sp³-hybridized carbons (Fsp3) is 0.429. The van der Waals surface area contributed by atoms with Crippen molar-refractivity contribution < 1.29 is 23.1 Å². The molecule has 2 saturated heterocycles. The fourth-order valence-corrected chi connectivity index (χ4v) is 3.80. The molecule has 0 spiro atoms. The highest BCUT2D eigenvalue weighted by molar-refractivity contribution is 5.95. The number of piperidine rings is 1. The van der Waals surface area contributed by atoms with Gasteiger partial charge in [0.2, 0.25) is 5.91 Å². The van der Waals surface area contributed by atoms with Gasteiger partial charge in [0.05, 0.1) is 30.7 Å². The number of hydrogen-bond donors (Lipinski definition) is 1. The molecule has 7 nitrogen and oxygen atoms in total. The standard InChI is InChI=1S/C21H24FN3O4/c22-18-13-17(1-2-19(18)24-8-11-28-12-9-24)23-20(26)15-3-6-25(7-4-15)21(27)16-5-10-29-14-16/h1-2,5,10,13-15H,3-4,6-9,11-12H2,(H,23,26). The van der Waals surface area contributed by atoms with Crippen LogP contribution in [0.5, 0.6) is 0 Å². The highest BCUT2D eigenvalue weighted by Crippen LogP contribution is 2.25. The van der Waals surface area contributed by atoms with Crippen LogP contribution in [0.15, 0.2) is 41.2 Å². The molecule has 0 radical (unpaired) electrons. The van der Waals surface area contributed by atoms with Gasteiger partial charge in [-0.2, -0.15) is 0 Å². The maximum atomic E-state index is 14.5. The van der Waals surface area contributed by atoms with Crippen molar-refractivity contribution in [1.29, 1.82) is 0 Å². The largest absolute Gasteiger partial charge is 0.472 e. The van der Waals surface area contributed by atoms with Crippen molar-refractivity contribution in [3.8, 4) is 0 Å². The summed E-state index contributed by atoms with van der Waals surface area (Å²) in [5.41, 5.74) is 1.49. The van der Waals surface area contributed by atoms with Gasteiger partial charge in [0, 0.05) is 37.8 Å². The van der Waals surface area contributed by atoms with Gasteiger partial charge in [-0.15, -0.1) is 0 Å². The van der Waals surface area contributed by atoms with Crippen LogP contribution in [-0.4, -0.2) is 56.1 Å². The van der Waals surface area contributed by atoms with Crippen molar-refractivity contribution in [3.63, 3.8) is 0 Å². The normalized spacial score (nSPS) is 18.0. The number of carbonyl (C=O) groups excluding carboxylic acids is 2. The summed E-state index contributed by atoms with van der Waals surface area (Å²) in [5, 5.41) is 2.81. The van der Waals surface area contributed by atoms with Crippen molar-refractivity contribution >= 4 is 23.2 Å². The Morgan fingerprint density at radius 2 is 1.83 bits per heavy atom. The molecule has 2 aliphatic rings. The maximum Gasteiger partial charge on any atom is 0.257 e. The van der Waals surface area contributed by atoms with Gasteiger partial charge in [0.1, 0.15) is 12.1 Å². The van der Waals surface area contributed by atoms with E-state index in [2.05, 4.69) is 5.32 Å². The number of anilines is 2. The molecule has 2 aliphatic heterocycles. The van der Waals surface area contributed by atoms with Gasteiger partial charge < -0.3 is 24.3 Å². The molecular formula is C21H24FN3O4. The molecule has 29 heavy (non-hydrogen) atoms. The highest BCUT2D eigenvalue weighted by Gasteiger charge is 2.28. The van der Waals surface area contributed by atoms with E-state index in [1.807, 2.05) is 4.90 Å². The first-order chi connectivity index (χ1) is 14.1. The van der Waals surface area contributed by atoms with E-state index in [9.17, 15) is 14.0 Å². The second-order valence-corrected chi connectivity index (χ2v) is 7.33. The summed E-state index contributed by atoms with van der Waals surface area (Å²) >= 11 is 0. The second kappa shape index (κ2) is 8.65. The van der Waals surface area contributed by atoms with Crippen LogP contribution in [0.4, 0.5) is 15.8 Å². The molecule has 8 heteroatoms. The Morgan fingerprint density at radius 3 is 2.48 bits per heavy atom. The Morgan fingerprint density at radius 1 is 1.07 bits per heavy atom. The first-order valence-electron chi connectivity index (χ1n) is 9.86. The molecule has 4 rings (SSSR count). The van der Waals surface area contributed by atoms with E-state index in [4.69, 9.17) is 9.15 Å². The molecule has 2 aromatic rings. The van der Waals surface area contributed by atoms with Gasteiger partial charge in [0.25, 0.3) is 5.91 Å². The third-order valence-electron chi connectivity index (χ3n) is 5.49. The molecule has 2 amide bonds. The number of amides is 2. The monoisotopic (exact) mass is 401 g/mol. The zero-order chi connectivity index (χ0) is 20.2. The summed E-state index contributed by atoms with van der Waals surface area (Å²) in [6.45, 7) is 3.48. The number of rotatable bonds is 4. The molecule has 0 saturated carbocycles. The highest BCUT2D eigenvalue weighted by atomic mass is 19.1. The summed E-state index contributed by atoms with van der Waals surface area (Å²) in [7, 11) is 0. The summed E-state index contributed by atoms with van der Waals surface area (Å²) in [6, 6.07) is 6.42. The van der Waals surface area contributed by atoms with Crippen LogP contribution in [-0.2, 0) is 9.53 Å². The number of halogens is 1. The summed E-state index contributed by atoms with van der Waals surface area (Å²) in [5.74, 6) is -0.784. The van der Waals surface area contributed by atoms with Crippen LogP contribution in [0.1, 0.15) is 23.2 Å². The zero-order valence-corrected chi connectivity index (χ0v) is 16.1. The lowest BCUT2D eigenvalue weighted by Gasteiger charge is -2.31. The van der Waals surface area contributed by atoms with E-state index in [0.717, 1.165) is 0 Å². The summed E-state index contributed by atoms with van der Waals surface area (Å²) in [6.07, 6.45) is 4.04. The van der Waals surface area contributed by atoms with Crippen molar-refractivity contribution in [3.05, 3.63) is 48.2 Å². The predicted molar refractivity (Wildman–Crippen MR) is 105 cm³/mol. The van der Waals surface area contributed by atoms with E-state index in [1.54, 1.807) is 23.1 Å². The third kappa shape index (κ3) is 4.42. The number of nitrogens with one attached hydrogen (secondary N) is 1. The van der Waals surface area contributed by atoms with Crippen molar-refractivity contribution in [2.24, 2.45) is 5.92 Å². The average molecular weight is 401 g/mol. The SMILES string of the molecule is O=C(Nc1ccc(N2CCOCC2)c(F)c1)C1CCN(C(=O)c2ccoc2)CC1. The molecule has 0 atom stereocenters. The van der Waals surface area contributed by atoms with Crippen molar-refractivity contribution in [2.45, 2.75) is 12.8 Å². The Kier molecular flexibility index (Phi) is 5.80. The quantitative estimate of drug-likeness (QED) is 0.853. The summed E-state index contributed by atoms with van der Waals surface area (Å²) < 4.78 is 24.8. The molecule has 154 valence electrons. The van der Waals surface area contributed by atoms with E-state index in [1.165, 1.54) is 18.6 Å². The van der Waals surface area contributed by atoms with E-state index < -0.39 is 0 Å². The zero-order valence-electron chi connectivity index (χ0n) is 16.1. The molecule has 0 aliphatic carbocycles. The maximum absolute atomic E-state index is 14.5. The van der Waals surface area contributed by atoms with Crippen LogP contribution < -0.4 is 10.2 Å². The molecule has 2 fully saturated rings. The minimum Gasteiger partial charge on any atom is -0.472 e. The lowest BCUT2D eigenvalue weighted by atomic mass is 9.95. The fourth-order valence-electron chi connectivity index (χ4n) is 3.80. The molecule has 1 aromatic heterocycles. The minimum absolute atomic E-state index is 0.0848. The summed E-state index contributed by atoms with van der Waals surface area (Å²) in [4.78, 5) is 28.6. The van der Waals surface area contributed by atoms with Gasteiger partial charge in [-0.05, 0) is 37.1 Å². The predicted octanol–water partition coefficient (Wildman–Crippen LogP) is 2.75. The third-order valence-corrected chi connectivity index (χ3v) is 5.49. The smallest absolute Gasteiger partial charge is 0.257 e. The average Bonchev–Trinajstić information content (AvgIpc) is 3.29. The molecule has 1 N–H and O–H groups in total. The lowest BCUT2D eigenvalue weighted by Crippen LogP contribution is -2.41. The van der Waals surface area contributed by atoms with Crippen LogP contribution in [0, 0.1) is 11.7 Å². The topological polar surface area (TPSA) is 75.0 Å². The van der Waals surface area contributed by atoms with Crippen LogP contribution in [0.3, 0.4) is 0 Å². The van der Waals surface area contributed by atoms with Crippen molar-refractivity contribution in [2.75, 3.05) is 49.6 Å².